The molecule has 25 heavy (non-hydrogen) atoms. The van der Waals surface area contributed by atoms with E-state index in [0.29, 0.717) is 5.16 Å². The van der Waals surface area contributed by atoms with Crippen LogP contribution in [0, 0.1) is 0 Å². The highest BCUT2D eigenvalue weighted by molar-refractivity contribution is 9.10. The fraction of sp³-hybridized carbons (Fsp3) is 0.529. The van der Waals surface area contributed by atoms with Crippen LogP contribution in [-0.4, -0.2) is 26.7 Å². The maximum atomic E-state index is 12.5. The number of thioether (sulfide) groups is 1. The van der Waals surface area contributed by atoms with E-state index < -0.39 is 12.6 Å². The SMILES string of the molecule is FC(F)(F)CCSc1nnc(-c2cccc(Br)c2)n1C1CCCCC1. The fourth-order valence-corrected chi connectivity index (χ4v) is 4.51. The summed E-state index contributed by atoms with van der Waals surface area (Å²) in [5, 5.41) is 9.11. The van der Waals surface area contributed by atoms with Crippen LogP contribution in [0.2, 0.25) is 0 Å². The van der Waals surface area contributed by atoms with Gasteiger partial charge in [-0.15, -0.1) is 10.2 Å². The number of nitrogens with zero attached hydrogens (tertiary/aromatic N) is 3. The van der Waals surface area contributed by atoms with Crippen molar-refractivity contribution in [3.8, 4) is 11.4 Å². The third kappa shape index (κ3) is 5.00. The molecule has 0 atom stereocenters. The molecule has 0 radical (unpaired) electrons. The highest BCUT2D eigenvalue weighted by atomic mass is 79.9. The van der Waals surface area contributed by atoms with E-state index in [0.717, 1.165) is 53.3 Å². The third-order valence-electron chi connectivity index (χ3n) is 4.30. The molecule has 3 nitrogen and oxygen atoms in total. The molecular formula is C17H19BrF3N3S. The molecule has 0 unspecified atom stereocenters. The van der Waals surface area contributed by atoms with Gasteiger partial charge in [0.05, 0.1) is 6.42 Å². The van der Waals surface area contributed by atoms with Crippen LogP contribution in [0.1, 0.15) is 44.6 Å². The van der Waals surface area contributed by atoms with Gasteiger partial charge in [-0.25, -0.2) is 0 Å². The van der Waals surface area contributed by atoms with Crippen molar-refractivity contribution in [3.63, 3.8) is 0 Å². The van der Waals surface area contributed by atoms with Gasteiger partial charge in [-0.2, -0.15) is 13.2 Å². The van der Waals surface area contributed by atoms with E-state index in [4.69, 9.17) is 0 Å². The van der Waals surface area contributed by atoms with Crippen LogP contribution in [0.15, 0.2) is 33.9 Å². The van der Waals surface area contributed by atoms with Crippen LogP contribution in [-0.2, 0) is 0 Å². The summed E-state index contributed by atoms with van der Waals surface area (Å²) in [6, 6.07) is 8.04. The molecule has 1 aliphatic carbocycles. The van der Waals surface area contributed by atoms with Crippen molar-refractivity contribution in [3.05, 3.63) is 28.7 Å². The van der Waals surface area contributed by atoms with Gasteiger partial charge in [-0.05, 0) is 25.0 Å². The van der Waals surface area contributed by atoms with E-state index in [9.17, 15) is 13.2 Å². The molecular weight excluding hydrogens is 415 g/mol. The molecule has 1 fully saturated rings. The Balaban J connectivity index is 1.89. The quantitative estimate of drug-likeness (QED) is 0.521. The first kappa shape index (κ1) is 18.8. The minimum atomic E-state index is -4.14. The predicted molar refractivity (Wildman–Crippen MR) is 96.7 cm³/mol. The van der Waals surface area contributed by atoms with Gasteiger partial charge in [0.1, 0.15) is 0 Å². The van der Waals surface area contributed by atoms with Crippen LogP contribution < -0.4 is 0 Å². The Bertz CT molecular complexity index is 711. The molecule has 0 spiro atoms. The summed E-state index contributed by atoms with van der Waals surface area (Å²) in [5.41, 5.74) is 0.926. The maximum absolute atomic E-state index is 12.5. The predicted octanol–water partition coefficient (Wildman–Crippen LogP) is 6.26. The molecule has 1 aliphatic rings. The largest absolute Gasteiger partial charge is 0.389 e. The molecule has 1 aromatic heterocycles. The minimum Gasteiger partial charge on any atom is -0.299 e. The molecule has 1 aromatic carbocycles. The number of hydrogen-bond donors (Lipinski definition) is 0. The molecule has 0 bridgehead atoms. The van der Waals surface area contributed by atoms with Crippen LogP contribution in [0.25, 0.3) is 11.4 Å². The first-order valence-corrected chi connectivity index (χ1v) is 10.1. The topological polar surface area (TPSA) is 30.7 Å². The standard InChI is InChI=1S/C17H19BrF3N3S/c18-13-6-4-5-12(11-13)15-22-23-16(25-10-9-17(19,20)21)24(15)14-7-2-1-3-8-14/h4-6,11,14H,1-3,7-10H2. The van der Waals surface area contributed by atoms with Gasteiger partial charge in [0, 0.05) is 21.8 Å². The van der Waals surface area contributed by atoms with E-state index in [2.05, 4.69) is 30.7 Å². The second kappa shape index (κ2) is 8.12. The van der Waals surface area contributed by atoms with Gasteiger partial charge in [-0.3, -0.25) is 4.57 Å². The lowest BCUT2D eigenvalue weighted by Gasteiger charge is -2.25. The highest BCUT2D eigenvalue weighted by Gasteiger charge is 2.28. The van der Waals surface area contributed by atoms with E-state index in [1.165, 1.54) is 6.42 Å². The number of aromatic nitrogens is 3. The summed E-state index contributed by atoms with van der Waals surface area (Å²) in [6.07, 6.45) is 0.553. The Morgan fingerprint density at radius 2 is 1.92 bits per heavy atom. The van der Waals surface area contributed by atoms with Gasteiger partial charge >= 0.3 is 6.18 Å². The summed E-state index contributed by atoms with van der Waals surface area (Å²) < 4.78 is 40.4. The number of halogens is 4. The van der Waals surface area contributed by atoms with Crippen molar-refractivity contribution in [1.29, 1.82) is 0 Å². The lowest BCUT2D eigenvalue weighted by atomic mass is 9.95. The Hall–Kier alpha value is -1.02. The molecule has 1 saturated carbocycles. The summed E-state index contributed by atoms with van der Waals surface area (Å²) in [7, 11) is 0. The first-order chi connectivity index (χ1) is 11.9. The van der Waals surface area contributed by atoms with Crippen molar-refractivity contribution >= 4 is 27.7 Å². The fourth-order valence-electron chi connectivity index (χ4n) is 3.13. The van der Waals surface area contributed by atoms with Gasteiger partial charge in [0.25, 0.3) is 0 Å². The Morgan fingerprint density at radius 3 is 2.60 bits per heavy atom. The van der Waals surface area contributed by atoms with Crippen LogP contribution >= 0.6 is 27.7 Å². The van der Waals surface area contributed by atoms with Crippen molar-refractivity contribution in [2.45, 2.75) is 55.9 Å². The smallest absolute Gasteiger partial charge is 0.299 e. The third-order valence-corrected chi connectivity index (χ3v) is 5.74. The van der Waals surface area contributed by atoms with E-state index in [-0.39, 0.29) is 11.8 Å². The zero-order valence-corrected chi connectivity index (χ0v) is 16.0. The van der Waals surface area contributed by atoms with E-state index in [1.54, 1.807) is 0 Å². The Morgan fingerprint density at radius 1 is 1.16 bits per heavy atom. The van der Waals surface area contributed by atoms with E-state index in [1.807, 2.05) is 24.3 Å². The first-order valence-electron chi connectivity index (χ1n) is 8.34. The molecule has 0 N–H and O–H groups in total. The molecule has 136 valence electrons. The monoisotopic (exact) mass is 433 g/mol. The lowest BCUT2D eigenvalue weighted by Crippen LogP contribution is -2.15. The zero-order chi connectivity index (χ0) is 17.9. The molecule has 2 aromatic rings. The summed E-state index contributed by atoms with van der Waals surface area (Å²) in [5.74, 6) is 0.704. The minimum absolute atomic E-state index is 0.0349. The maximum Gasteiger partial charge on any atom is 0.389 e. The van der Waals surface area contributed by atoms with Crippen LogP contribution in [0.3, 0.4) is 0 Å². The summed E-state index contributed by atoms with van der Waals surface area (Å²) in [6.45, 7) is 0. The highest BCUT2D eigenvalue weighted by Crippen LogP contribution is 2.36. The van der Waals surface area contributed by atoms with Crippen molar-refractivity contribution in [2.75, 3.05) is 5.75 Å². The van der Waals surface area contributed by atoms with Crippen molar-refractivity contribution in [2.24, 2.45) is 0 Å². The number of rotatable bonds is 5. The van der Waals surface area contributed by atoms with Crippen molar-refractivity contribution < 1.29 is 13.2 Å². The molecule has 8 heteroatoms. The molecule has 1 heterocycles. The number of benzene rings is 1. The average molecular weight is 434 g/mol. The second-order valence-corrected chi connectivity index (χ2v) is 8.17. The van der Waals surface area contributed by atoms with Gasteiger partial charge in [0.2, 0.25) is 0 Å². The van der Waals surface area contributed by atoms with Crippen LogP contribution in [0.5, 0.6) is 0 Å². The second-order valence-electron chi connectivity index (χ2n) is 6.19. The van der Waals surface area contributed by atoms with Gasteiger partial charge in [0.15, 0.2) is 11.0 Å². The summed E-state index contributed by atoms with van der Waals surface area (Å²) >= 11 is 4.61. The van der Waals surface area contributed by atoms with Gasteiger partial charge in [-0.1, -0.05) is 59.1 Å². The number of alkyl halides is 3. The van der Waals surface area contributed by atoms with Crippen LogP contribution in [0.4, 0.5) is 13.2 Å². The van der Waals surface area contributed by atoms with Gasteiger partial charge < -0.3 is 0 Å². The average Bonchev–Trinajstić information content (AvgIpc) is 2.98. The molecule has 3 rings (SSSR count). The molecule has 0 saturated heterocycles. The molecule has 0 aliphatic heterocycles. The molecule has 0 amide bonds. The Labute approximate surface area is 157 Å². The zero-order valence-electron chi connectivity index (χ0n) is 13.6. The normalized spacial score (nSPS) is 16.3. The Kier molecular flexibility index (Phi) is 6.09. The number of hydrogen-bond acceptors (Lipinski definition) is 3. The summed E-state index contributed by atoms with van der Waals surface area (Å²) in [4.78, 5) is 0. The lowest BCUT2D eigenvalue weighted by molar-refractivity contribution is -0.129. The van der Waals surface area contributed by atoms with Crippen molar-refractivity contribution in [1.82, 2.24) is 14.8 Å². The van der Waals surface area contributed by atoms with E-state index >= 15 is 0 Å².